The highest BCUT2D eigenvalue weighted by Crippen LogP contribution is 2.42. The maximum absolute atomic E-state index is 4.18. The van der Waals surface area contributed by atoms with Gasteiger partial charge in [-0.15, -0.1) is 0 Å². The highest BCUT2D eigenvalue weighted by Gasteiger charge is 2.24. The molecule has 0 radical (unpaired) electrons. The Morgan fingerprint density at radius 2 is 2.11 bits per heavy atom. The summed E-state index contributed by atoms with van der Waals surface area (Å²) in [5, 5.41) is 8.60. The maximum atomic E-state index is 4.18. The number of aromatic nitrogens is 3. The number of rotatable bonds is 2. The highest BCUT2D eigenvalue weighted by atomic mass is 15.1. The molecule has 0 saturated heterocycles. The second-order valence-electron chi connectivity index (χ2n) is 5.64. The van der Waals surface area contributed by atoms with Crippen LogP contribution < -0.4 is 0 Å². The maximum Gasteiger partial charge on any atom is 0.0908 e. The van der Waals surface area contributed by atoms with Crippen LogP contribution in [-0.4, -0.2) is 14.8 Å². The van der Waals surface area contributed by atoms with Crippen LogP contribution in [0.1, 0.15) is 44.2 Å². The molecule has 3 aromatic rings. The van der Waals surface area contributed by atoms with Crippen molar-refractivity contribution in [2.45, 2.75) is 38.6 Å². The Balaban J connectivity index is 2.10. The molecule has 0 amide bonds. The van der Waals surface area contributed by atoms with Gasteiger partial charge < -0.3 is 4.57 Å². The normalized spacial score (nSPS) is 16.2. The van der Waals surface area contributed by atoms with Gasteiger partial charge in [-0.2, -0.15) is 5.10 Å². The van der Waals surface area contributed by atoms with Crippen LogP contribution in [0.25, 0.3) is 21.9 Å². The summed E-state index contributed by atoms with van der Waals surface area (Å²) in [5.74, 6) is 0.807. The van der Waals surface area contributed by atoms with Crippen LogP contribution in [0.4, 0.5) is 0 Å². The van der Waals surface area contributed by atoms with Crippen molar-refractivity contribution >= 4 is 21.9 Å². The van der Waals surface area contributed by atoms with E-state index in [2.05, 4.69) is 46.8 Å². The van der Waals surface area contributed by atoms with E-state index >= 15 is 0 Å². The molecule has 1 aliphatic carbocycles. The van der Waals surface area contributed by atoms with Gasteiger partial charge in [0.2, 0.25) is 0 Å². The van der Waals surface area contributed by atoms with E-state index in [-0.39, 0.29) is 0 Å². The predicted molar refractivity (Wildman–Crippen MR) is 73.9 cm³/mol. The van der Waals surface area contributed by atoms with Crippen LogP contribution in [-0.2, 0) is 0 Å². The number of fused-ring (bicyclic) bond motifs is 3. The van der Waals surface area contributed by atoms with E-state index in [1.165, 1.54) is 40.3 Å². The molecule has 3 heteroatoms. The average molecular weight is 239 g/mol. The SMILES string of the molecule is CC(C)n1c2cc(C3CC3)ccc2c2[nH]ncc21. The summed E-state index contributed by atoms with van der Waals surface area (Å²) in [7, 11) is 0. The average Bonchev–Trinajstić information content (AvgIpc) is 3.00. The number of benzene rings is 1. The monoisotopic (exact) mass is 239 g/mol. The van der Waals surface area contributed by atoms with Crippen LogP contribution >= 0.6 is 0 Å². The highest BCUT2D eigenvalue weighted by molar-refractivity contribution is 6.05. The van der Waals surface area contributed by atoms with Crippen molar-refractivity contribution in [1.82, 2.24) is 14.8 Å². The Labute approximate surface area is 106 Å². The molecule has 1 fully saturated rings. The van der Waals surface area contributed by atoms with Gasteiger partial charge in [0.1, 0.15) is 0 Å². The minimum absolute atomic E-state index is 0.456. The van der Waals surface area contributed by atoms with Crippen molar-refractivity contribution in [3.05, 3.63) is 30.0 Å². The summed E-state index contributed by atoms with van der Waals surface area (Å²) >= 11 is 0. The number of H-pyrrole nitrogens is 1. The van der Waals surface area contributed by atoms with E-state index in [0.717, 1.165) is 5.92 Å². The third-order valence-electron chi connectivity index (χ3n) is 3.99. The van der Waals surface area contributed by atoms with Crippen LogP contribution in [0, 0.1) is 0 Å². The quantitative estimate of drug-likeness (QED) is 0.721. The standard InChI is InChI=1S/C15H17N3/c1-9(2)18-13-7-11(10-3-4-10)5-6-12(13)15-14(18)8-16-17-15/h5-10H,3-4H2,1-2H3,(H,16,17). The molecule has 92 valence electrons. The first-order valence-electron chi connectivity index (χ1n) is 6.72. The van der Waals surface area contributed by atoms with Crippen molar-refractivity contribution < 1.29 is 0 Å². The van der Waals surface area contributed by atoms with Gasteiger partial charge in [-0.05, 0) is 44.2 Å². The number of nitrogens with zero attached hydrogens (tertiary/aromatic N) is 2. The molecule has 0 bridgehead atoms. The topological polar surface area (TPSA) is 33.6 Å². The fourth-order valence-corrected chi connectivity index (χ4v) is 2.98. The molecule has 0 atom stereocenters. The van der Waals surface area contributed by atoms with Gasteiger partial charge in [0.25, 0.3) is 0 Å². The fourth-order valence-electron chi connectivity index (χ4n) is 2.98. The molecular weight excluding hydrogens is 222 g/mol. The molecule has 1 aromatic carbocycles. The van der Waals surface area contributed by atoms with E-state index in [4.69, 9.17) is 0 Å². The largest absolute Gasteiger partial charge is 0.335 e. The summed E-state index contributed by atoms with van der Waals surface area (Å²) in [6.07, 6.45) is 4.65. The first kappa shape index (κ1) is 10.2. The third-order valence-corrected chi connectivity index (χ3v) is 3.99. The lowest BCUT2D eigenvalue weighted by Crippen LogP contribution is -1.99. The van der Waals surface area contributed by atoms with Gasteiger partial charge in [-0.3, -0.25) is 5.10 Å². The van der Waals surface area contributed by atoms with E-state index in [9.17, 15) is 0 Å². The molecule has 1 N–H and O–H groups in total. The summed E-state index contributed by atoms with van der Waals surface area (Å²) in [6.45, 7) is 4.46. The van der Waals surface area contributed by atoms with Gasteiger partial charge in [0, 0.05) is 11.4 Å². The van der Waals surface area contributed by atoms with Crippen molar-refractivity contribution in [2.75, 3.05) is 0 Å². The van der Waals surface area contributed by atoms with Crippen LogP contribution in [0.5, 0.6) is 0 Å². The Kier molecular flexibility index (Phi) is 1.91. The third kappa shape index (κ3) is 1.27. The Bertz CT molecular complexity index is 729. The number of aromatic amines is 1. The molecule has 1 aliphatic rings. The van der Waals surface area contributed by atoms with Gasteiger partial charge in [-0.25, -0.2) is 0 Å². The molecule has 3 nitrogen and oxygen atoms in total. The van der Waals surface area contributed by atoms with Crippen molar-refractivity contribution in [2.24, 2.45) is 0 Å². The van der Waals surface area contributed by atoms with Gasteiger partial charge >= 0.3 is 0 Å². The lowest BCUT2D eigenvalue weighted by molar-refractivity contribution is 0.642. The van der Waals surface area contributed by atoms with E-state index < -0.39 is 0 Å². The van der Waals surface area contributed by atoms with Crippen LogP contribution in [0.15, 0.2) is 24.4 Å². The molecule has 0 aliphatic heterocycles. The summed E-state index contributed by atoms with van der Waals surface area (Å²) in [6, 6.07) is 7.37. The molecule has 0 unspecified atom stereocenters. The first-order valence-corrected chi connectivity index (χ1v) is 6.72. The minimum atomic E-state index is 0.456. The Morgan fingerprint density at radius 3 is 2.83 bits per heavy atom. The minimum Gasteiger partial charge on any atom is -0.335 e. The van der Waals surface area contributed by atoms with E-state index in [1.807, 2.05) is 6.20 Å². The Hall–Kier alpha value is -1.77. The number of hydrogen-bond acceptors (Lipinski definition) is 1. The number of nitrogens with one attached hydrogen (secondary N) is 1. The molecule has 2 heterocycles. The molecule has 18 heavy (non-hydrogen) atoms. The second-order valence-corrected chi connectivity index (χ2v) is 5.64. The van der Waals surface area contributed by atoms with Crippen molar-refractivity contribution in [3.63, 3.8) is 0 Å². The van der Waals surface area contributed by atoms with Crippen molar-refractivity contribution in [1.29, 1.82) is 0 Å². The lowest BCUT2D eigenvalue weighted by Gasteiger charge is -2.11. The molecular formula is C15H17N3. The molecule has 2 aromatic heterocycles. The lowest BCUT2D eigenvalue weighted by atomic mass is 10.1. The smallest absolute Gasteiger partial charge is 0.0908 e. The predicted octanol–water partition coefficient (Wildman–Crippen LogP) is 3.98. The van der Waals surface area contributed by atoms with Crippen LogP contribution in [0.2, 0.25) is 0 Å². The summed E-state index contributed by atoms with van der Waals surface area (Å²) in [5.41, 5.74) is 5.23. The second kappa shape index (κ2) is 3.37. The van der Waals surface area contributed by atoms with Gasteiger partial charge in [0.15, 0.2) is 0 Å². The Morgan fingerprint density at radius 1 is 1.28 bits per heavy atom. The van der Waals surface area contributed by atoms with Crippen molar-refractivity contribution in [3.8, 4) is 0 Å². The zero-order valence-electron chi connectivity index (χ0n) is 10.8. The van der Waals surface area contributed by atoms with E-state index in [0.29, 0.717) is 6.04 Å². The molecule has 1 saturated carbocycles. The van der Waals surface area contributed by atoms with E-state index in [1.54, 1.807) is 0 Å². The fraction of sp³-hybridized carbons (Fsp3) is 0.400. The van der Waals surface area contributed by atoms with Gasteiger partial charge in [-0.1, -0.05) is 12.1 Å². The summed E-state index contributed by atoms with van der Waals surface area (Å²) < 4.78 is 2.39. The zero-order chi connectivity index (χ0) is 12.3. The molecule has 0 spiro atoms. The van der Waals surface area contributed by atoms with Gasteiger partial charge in [0.05, 0.1) is 22.7 Å². The van der Waals surface area contributed by atoms with Crippen LogP contribution in [0.3, 0.4) is 0 Å². The molecule has 4 rings (SSSR count). The first-order chi connectivity index (χ1) is 8.75. The summed E-state index contributed by atoms with van der Waals surface area (Å²) in [4.78, 5) is 0. The number of hydrogen-bond donors (Lipinski definition) is 1. The zero-order valence-corrected chi connectivity index (χ0v) is 10.8.